The summed E-state index contributed by atoms with van der Waals surface area (Å²) in [6.45, 7) is 0.170. The summed E-state index contributed by atoms with van der Waals surface area (Å²) in [6.07, 6.45) is 10.5. The number of hydrogen-bond donors (Lipinski definition) is 1. The van der Waals surface area contributed by atoms with Crippen molar-refractivity contribution in [3.63, 3.8) is 0 Å². The minimum atomic E-state index is -0.786. The van der Waals surface area contributed by atoms with Gasteiger partial charge in [0.2, 0.25) is 11.3 Å². The Kier molecular flexibility index (Phi) is 10.3. The van der Waals surface area contributed by atoms with Gasteiger partial charge in [0, 0.05) is 37.8 Å². The second-order valence-electron chi connectivity index (χ2n) is 11.1. The number of halogens is 1. The lowest BCUT2D eigenvalue weighted by atomic mass is 10.1. The summed E-state index contributed by atoms with van der Waals surface area (Å²) in [5.74, 6) is -2.03. The molecule has 5 rings (SSSR count). The molecule has 0 atom stereocenters. The number of aromatic nitrogens is 1. The van der Waals surface area contributed by atoms with Crippen LogP contribution in [0, 0.1) is 5.82 Å². The maximum Gasteiger partial charge on any atom is 0.277 e. The van der Waals surface area contributed by atoms with E-state index in [0.717, 1.165) is 31.2 Å². The van der Waals surface area contributed by atoms with E-state index in [4.69, 9.17) is 9.47 Å². The molecule has 2 aromatic carbocycles. The van der Waals surface area contributed by atoms with Crippen LogP contribution in [-0.2, 0) is 17.9 Å². The van der Waals surface area contributed by atoms with Crippen LogP contribution in [-0.4, -0.2) is 47.6 Å². The summed E-state index contributed by atoms with van der Waals surface area (Å²) in [7, 11) is 1.54. The van der Waals surface area contributed by atoms with Crippen LogP contribution in [0.3, 0.4) is 0 Å². The number of carbonyl (C=O) groups excluding carboxylic acids is 3. The molecule has 0 radical (unpaired) electrons. The van der Waals surface area contributed by atoms with E-state index in [9.17, 15) is 23.6 Å². The van der Waals surface area contributed by atoms with Gasteiger partial charge in [0.05, 0.1) is 6.61 Å². The fraction of sp³-hybridized carbons (Fsp3) is 0.353. The maximum absolute atomic E-state index is 14.1. The van der Waals surface area contributed by atoms with Crippen molar-refractivity contribution in [3.8, 4) is 11.5 Å². The average Bonchev–Trinajstić information content (AvgIpc) is 3.04. The summed E-state index contributed by atoms with van der Waals surface area (Å²) in [5.41, 5.74) is 0.0444. The lowest BCUT2D eigenvalue weighted by molar-refractivity contribution is -0.120. The topological polar surface area (TPSA) is 110 Å². The number of nitrogens with one attached hydrogen (secondary N) is 1. The third kappa shape index (κ3) is 7.60. The molecule has 0 saturated carbocycles. The predicted octanol–water partition coefficient (Wildman–Crippen LogP) is 4.68. The van der Waals surface area contributed by atoms with Gasteiger partial charge in [0.25, 0.3) is 11.8 Å². The van der Waals surface area contributed by atoms with Gasteiger partial charge in [-0.1, -0.05) is 61.4 Å². The van der Waals surface area contributed by atoms with Crippen molar-refractivity contribution in [2.24, 2.45) is 0 Å². The zero-order valence-electron chi connectivity index (χ0n) is 25.3. The Bertz CT molecular complexity index is 1640. The van der Waals surface area contributed by atoms with E-state index in [1.54, 1.807) is 7.05 Å². The van der Waals surface area contributed by atoms with Crippen molar-refractivity contribution >= 4 is 17.7 Å². The molecule has 0 unspecified atom stereocenters. The van der Waals surface area contributed by atoms with E-state index in [-0.39, 0.29) is 54.9 Å². The molecule has 236 valence electrons. The number of hydrogen-bond acceptors (Lipinski definition) is 6. The van der Waals surface area contributed by atoms with Crippen molar-refractivity contribution in [1.82, 2.24) is 14.9 Å². The summed E-state index contributed by atoms with van der Waals surface area (Å²) in [5, 5.41) is 4.08. The quantitative estimate of drug-likeness (QED) is 0.428. The third-order valence-corrected chi connectivity index (χ3v) is 7.75. The molecule has 0 saturated heterocycles. The molecule has 11 heteroatoms. The molecule has 0 spiro atoms. The molecule has 0 aliphatic carbocycles. The highest BCUT2D eigenvalue weighted by Crippen LogP contribution is 2.25. The van der Waals surface area contributed by atoms with Gasteiger partial charge in [-0.05, 0) is 37.3 Å². The SMILES string of the molecule is CN1CN2C(=O)CCCCCC/C=C/CCOc3cc(F)ccc3CNC(=O)c3cn2c(c(OCc2ccccc2)c3=O)C1=O. The Hall–Kier alpha value is -4.93. The third-order valence-electron chi connectivity index (χ3n) is 7.75. The van der Waals surface area contributed by atoms with Gasteiger partial charge in [0.1, 0.15) is 30.4 Å². The van der Waals surface area contributed by atoms with Crippen LogP contribution in [0.1, 0.15) is 76.9 Å². The number of amides is 3. The van der Waals surface area contributed by atoms with Gasteiger partial charge in [-0.2, -0.15) is 0 Å². The molecule has 1 aromatic heterocycles. The van der Waals surface area contributed by atoms with Gasteiger partial charge in [0.15, 0.2) is 11.4 Å². The van der Waals surface area contributed by atoms with Crippen LogP contribution in [0.4, 0.5) is 4.39 Å². The number of ether oxygens (including phenoxy) is 2. The zero-order chi connectivity index (χ0) is 31.8. The molecule has 3 heterocycles. The Morgan fingerprint density at radius 2 is 1.73 bits per heavy atom. The normalized spacial score (nSPS) is 17.4. The van der Waals surface area contributed by atoms with Gasteiger partial charge in [-0.25, -0.2) is 14.1 Å². The monoisotopic (exact) mass is 616 g/mol. The molecule has 0 fully saturated rings. The number of carbonyl (C=O) groups is 3. The first kappa shape index (κ1) is 31.5. The average molecular weight is 617 g/mol. The number of pyridine rings is 1. The Balaban J connectivity index is 1.54. The van der Waals surface area contributed by atoms with E-state index in [0.29, 0.717) is 25.0 Å². The van der Waals surface area contributed by atoms with E-state index in [2.05, 4.69) is 11.4 Å². The fourth-order valence-electron chi connectivity index (χ4n) is 5.28. The summed E-state index contributed by atoms with van der Waals surface area (Å²) < 4.78 is 27.2. The number of nitrogens with zero attached hydrogens (tertiary/aromatic N) is 3. The number of fused-ring (bicyclic) bond motifs is 2. The molecule has 10 nitrogen and oxygen atoms in total. The minimum Gasteiger partial charge on any atom is -0.493 e. The number of rotatable bonds is 3. The van der Waals surface area contributed by atoms with Crippen LogP contribution < -0.4 is 25.2 Å². The Morgan fingerprint density at radius 3 is 2.56 bits per heavy atom. The molecule has 2 bridgehead atoms. The van der Waals surface area contributed by atoms with Crippen molar-refractivity contribution in [1.29, 1.82) is 0 Å². The Morgan fingerprint density at radius 1 is 0.956 bits per heavy atom. The molecule has 3 aromatic rings. The smallest absolute Gasteiger partial charge is 0.277 e. The highest BCUT2D eigenvalue weighted by atomic mass is 19.1. The summed E-state index contributed by atoms with van der Waals surface area (Å²) in [6, 6.07) is 13.1. The van der Waals surface area contributed by atoms with Gasteiger partial charge in [-0.15, -0.1) is 0 Å². The lowest BCUT2D eigenvalue weighted by Gasteiger charge is -2.37. The highest BCUT2D eigenvalue weighted by Gasteiger charge is 2.36. The first-order valence-corrected chi connectivity index (χ1v) is 15.2. The van der Waals surface area contributed by atoms with Crippen LogP contribution in [0.5, 0.6) is 11.5 Å². The lowest BCUT2D eigenvalue weighted by Crippen LogP contribution is -2.55. The van der Waals surface area contributed by atoms with Crippen molar-refractivity contribution in [2.45, 2.75) is 58.1 Å². The van der Waals surface area contributed by atoms with Gasteiger partial charge < -0.3 is 19.7 Å². The maximum atomic E-state index is 14.1. The van der Waals surface area contributed by atoms with Gasteiger partial charge >= 0.3 is 0 Å². The number of allylic oxidation sites excluding steroid dienone is 1. The van der Waals surface area contributed by atoms with Gasteiger partial charge in [-0.3, -0.25) is 19.2 Å². The molecule has 2 aliphatic heterocycles. The minimum absolute atomic E-state index is 0.0375. The summed E-state index contributed by atoms with van der Waals surface area (Å²) >= 11 is 0. The van der Waals surface area contributed by atoms with Crippen LogP contribution >= 0.6 is 0 Å². The largest absolute Gasteiger partial charge is 0.493 e. The molecule has 2 aliphatic rings. The van der Waals surface area contributed by atoms with Crippen molar-refractivity contribution in [3.05, 3.63) is 105 Å². The summed E-state index contributed by atoms with van der Waals surface area (Å²) in [4.78, 5) is 55.7. The van der Waals surface area contributed by atoms with Crippen LogP contribution in [0.15, 0.2) is 71.7 Å². The Labute approximate surface area is 261 Å². The molecule has 3 amide bonds. The fourth-order valence-corrected chi connectivity index (χ4v) is 5.28. The molecule has 45 heavy (non-hydrogen) atoms. The van der Waals surface area contributed by atoms with Crippen molar-refractivity contribution in [2.75, 3.05) is 25.3 Å². The first-order valence-electron chi connectivity index (χ1n) is 15.2. The second kappa shape index (κ2) is 14.7. The number of benzene rings is 2. The van der Waals surface area contributed by atoms with E-state index < -0.39 is 23.1 Å². The molecular weight excluding hydrogens is 579 g/mol. The molecule has 1 N–H and O–H groups in total. The first-order chi connectivity index (χ1) is 21.8. The predicted molar refractivity (Wildman–Crippen MR) is 166 cm³/mol. The standard InChI is InChI=1S/C34H37FN4O6/c1-37-23-39-29(40)15-11-6-4-2-3-5-7-12-18-44-28-19-26(35)17-16-25(28)20-36-33(42)27-21-38(39)30(34(37)43)32(31(27)41)45-22-24-13-9-8-10-14-24/h5,7-10,13-14,16-17,19,21H,2-4,6,11-12,15,18,20,22-23H2,1H3,(H,36,42)/b7-5+. The van der Waals surface area contributed by atoms with Crippen LogP contribution in [0.25, 0.3) is 0 Å². The zero-order valence-corrected chi connectivity index (χ0v) is 25.3. The molecular formula is C34H37FN4O6. The second-order valence-corrected chi connectivity index (χ2v) is 11.1. The van der Waals surface area contributed by atoms with E-state index in [1.165, 1.54) is 39.0 Å². The highest BCUT2D eigenvalue weighted by molar-refractivity contribution is 6.01. The van der Waals surface area contributed by atoms with E-state index in [1.807, 2.05) is 36.4 Å². The van der Waals surface area contributed by atoms with Crippen LogP contribution in [0.2, 0.25) is 0 Å². The van der Waals surface area contributed by atoms with E-state index >= 15 is 0 Å². The van der Waals surface area contributed by atoms with Crippen molar-refractivity contribution < 1.29 is 28.2 Å².